The SMILES string of the molecule is C[C@@H](c1ccccc1)N(Cc1cccc2c1OCO2)C(=O)c1cccc2c1OCC2. The van der Waals surface area contributed by atoms with Gasteiger partial charge in [-0.1, -0.05) is 54.6 Å². The van der Waals surface area contributed by atoms with Crippen molar-refractivity contribution in [1.82, 2.24) is 4.90 Å². The fraction of sp³-hybridized carbons (Fsp3) is 0.240. The minimum absolute atomic E-state index is 0.0541. The second-order valence-electron chi connectivity index (χ2n) is 7.56. The van der Waals surface area contributed by atoms with Gasteiger partial charge in [0.2, 0.25) is 6.79 Å². The summed E-state index contributed by atoms with van der Waals surface area (Å²) in [6, 6.07) is 21.6. The Hall–Kier alpha value is -3.47. The zero-order chi connectivity index (χ0) is 20.5. The van der Waals surface area contributed by atoms with Gasteiger partial charge in [0, 0.05) is 12.0 Å². The maximum atomic E-state index is 13.8. The van der Waals surface area contributed by atoms with Crippen LogP contribution in [0.4, 0.5) is 0 Å². The van der Waals surface area contributed by atoms with Crippen LogP contribution in [-0.4, -0.2) is 24.2 Å². The second kappa shape index (κ2) is 7.75. The third-order valence-corrected chi connectivity index (χ3v) is 5.77. The number of carbonyl (C=O) groups is 1. The van der Waals surface area contributed by atoms with E-state index in [1.807, 2.05) is 71.6 Å². The molecule has 0 radical (unpaired) electrons. The van der Waals surface area contributed by atoms with Gasteiger partial charge in [-0.15, -0.1) is 0 Å². The fourth-order valence-corrected chi connectivity index (χ4v) is 4.13. The lowest BCUT2D eigenvalue weighted by atomic mass is 10.0. The molecule has 3 aromatic rings. The van der Waals surface area contributed by atoms with Gasteiger partial charge in [-0.25, -0.2) is 0 Å². The highest BCUT2D eigenvalue weighted by molar-refractivity contribution is 5.97. The lowest BCUT2D eigenvalue weighted by molar-refractivity contribution is 0.0668. The van der Waals surface area contributed by atoms with Crippen molar-refractivity contribution in [3.05, 3.63) is 89.0 Å². The Morgan fingerprint density at radius 3 is 2.63 bits per heavy atom. The van der Waals surface area contributed by atoms with Crippen LogP contribution in [0, 0.1) is 0 Å². The van der Waals surface area contributed by atoms with Gasteiger partial charge >= 0.3 is 0 Å². The Kier molecular flexibility index (Phi) is 4.79. The second-order valence-corrected chi connectivity index (χ2v) is 7.56. The predicted molar refractivity (Wildman–Crippen MR) is 113 cm³/mol. The molecular weight excluding hydrogens is 378 g/mol. The molecule has 3 aromatic carbocycles. The smallest absolute Gasteiger partial charge is 0.258 e. The Balaban J connectivity index is 1.54. The number of benzene rings is 3. The average Bonchev–Trinajstić information content (AvgIpc) is 3.46. The first kappa shape index (κ1) is 18.6. The van der Waals surface area contributed by atoms with E-state index in [0.717, 1.165) is 28.9 Å². The number of carbonyl (C=O) groups excluding carboxylic acids is 1. The third-order valence-electron chi connectivity index (χ3n) is 5.77. The van der Waals surface area contributed by atoms with Crippen molar-refractivity contribution in [2.24, 2.45) is 0 Å². The number of hydrogen-bond donors (Lipinski definition) is 0. The summed E-state index contributed by atoms with van der Waals surface area (Å²) in [5.41, 5.74) is 3.70. The van der Waals surface area contributed by atoms with E-state index in [1.54, 1.807) is 0 Å². The Bertz CT molecular complexity index is 1080. The van der Waals surface area contributed by atoms with Crippen LogP contribution in [0.1, 0.15) is 40.0 Å². The van der Waals surface area contributed by atoms with Crippen molar-refractivity contribution in [2.75, 3.05) is 13.4 Å². The molecule has 0 unspecified atom stereocenters. The Morgan fingerprint density at radius 2 is 1.77 bits per heavy atom. The van der Waals surface area contributed by atoms with Crippen LogP contribution in [-0.2, 0) is 13.0 Å². The first-order chi connectivity index (χ1) is 14.7. The summed E-state index contributed by atoms with van der Waals surface area (Å²) in [5, 5.41) is 0. The van der Waals surface area contributed by atoms with Crippen LogP contribution in [0.25, 0.3) is 0 Å². The number of nitrogens with zero attached hydrogens (tertiary/aromatic N) is 1. The Labute approximate surface area is 175 Å². The van der Waals surface area contributed by atoms with Crippen LogP contribution in [0.2, 0.25) is 0 Å². The molecule has 2 heterocycles. The molecule has 0 aliphatic carbocycles. The largest absolute Gasteiger partial charge is 0.492 e. The van der Waals surface area contributed by atoms with E-state index in [4.69, 9.17) is 14.2 Å². The maximum absolute atomic E-state index is 13.8. The van der Waals surface area contributed by atoms with E-state index in [2.05, 4.69) is 6.92 Å². The van der Waals surface area contributed by atoms with E-state index in [0.29, 0.717) is 30.2 Å². The molecule has 2 aliphatic heterocycles. The van der Waals surface area contributed by atoms with Crippen molar-refractivity contribution >= 4 is 5.91 Å². The van der Waals surface area contributed by atoms with Crippen LogP contribution in [0.15, 0.2) is 66.7 Å². The van der Waals surface area contributed by atoms with Crippen molar-refractivity contribution in [2.45, 2.75) is 25.9 Å². The summed E-state index contributed by atoms with van der Waals surface area (Å²) in [5.74, 6) is 2.09. The summed E-state index contributed by atoms with van der Waals surface area (Å²) >= 11 is 0. The summed E-state index contributed by atoms with van der Waals surface area (Å²) < 4.78 is 17.0. The van der Waals surface area contributed by atoms with Crippen molar-refractivity contribution < 1.29 is 19.0 Å². The van der Waals surface area contributed by atoms with Crippen molar-refractivity contribution in [1.29, 1.82) is 0 Å². The lowest BCUT2D eigenvalue weighted by Crippen LogP contribution is -2.33. The molecule has 5 nitrogen and oxygen atoms in total. The van der Waals surface area contributed by atoms with Gasteiger partial charge in [-0.05, 0) is 30.2 Å². The highest BCUT2D eigenvalue weighted by Gasteiger charge is 2.29. The normalized spacial score (nSPS) is 14.7. The lowest BCUT2D eigenvalue weighted by Gasteiger charge is -2.30. The van der Waals surface area contributed by atoms with E-state index >= 15 is 0 Å². The quantitative estimate of drug-likeness (QED) is 0.619. The summed E-state index contributed by atoms with van der Waals surface area (Å²) in [6.45, 7) is 3.28. The number of fused-ring (bicyclic) bond motifs is 2. The van der Waals surface area contributed by atoms with Gasteiger partial charge in [-0.2, -0.15) is 0 Å². The number of hydrogen-bond acceptors (Lipinski definition) is 4. The first-order valence-corrected chi connectivity index (χ1v) is 10.2. The molecule has 0 saturated heterocycles. The highest BCUT2D eigenvalue weighted by Crippen LogP contribution is 2.38. The van der Waals surface area contributed by atoms with Gasteiger partial charge in [0.15, 0.2) is 11.5 Å². The third kappa shape index (κ3) is 3.26. The zero-order valence-corrected chi connectivity index (χ0v) is 16.8. The van der Waals surface area contributed by atoms with Gasteiger partial charge < -0.3 is 19.1 Å². The molecule has 0 N–H and O–H groups in total. The summed E-state index contributed by atoms with van der Waals surface area (Å²) in [6.07, 6.45) is 0.835. The van der Waals surface area contributed by atoms with Gasteiger partial charge in [0.1, 0.15) is 5.75 Å². The fourth-order valence-electron chi connectivity index (χ4n) is 4.13. The molecule has 5 rings (SSSR count). The Morgan fingerprint density at radius 1 is 0.933 bits per heavy atom. The van der Waals surface area contributed by atoms with E-state index in [1.165, 1.54) is 0 Å². The summed E-state index contributed by atoms with van der Waals surface area (Å²) in [4.78, 5) is 15.7. The minimum Gasteiger partial charge on any atom is -0.492 e. The molecule has 152 valence electrons. The van der Waals surface area contributed by atoms with E-state index < -0.39 is 0 Å². The molecule has 0 fully saturated rings. The molecule has 0 saturated carbocycles. The highest BCUT2D eigenvalue weighted by atomic mass is 16.7. The van der Waals surface area contributed by atoms with E-state index in [9.17, 15) is 4.79 Å². The molecule has 0 aromatic heterocycles. The molecule has 2 aliphatic rings. The van der Waals surface area contributed by atoms with Crippen LogP contribution >= 0.6 is 0 Å². The zero-order valence-electron chi connectivity index (χ0n) is 16.8. The molecule has 30 heavy (non-hydrogen) atoms. The van der Waals surface area contributed by atoms with Crippen LogP contribution in [0.5, 0.6) is 17.2 Å². The maximum Gasteiger partial charge on any atom is 0.258 e. The van der Waals surface area contributed by atoms with Crippen molar-refractivity contribution in [3.63, 3.8) is 0 Å². The first-order valence-electron chi connectivity index (χ1n) is 10.2. The number of ether oxygens (including phenoxy) is 3. The van der Waals surface area contributed by atoms with Gasteiger partial charge in [-0.3, -0.25) is 4.79 Å². The average molecular weight is 401 g/mol. The monoisotopic (exact) mass is 401 g/mol. The molecule has 5 heteroatoms. The number of rotatable bonds is 5. The standard InChI is InChI=1S/C25H23NO4/c1-17(18-7-3-2-4-8-18)26(15-20-10-6-12-22-24(20)30-16-29-22)25(27)21-11-5-9-19-13-14-28-23(19)21/h2-12,17H,13-16H2,1H3/t17-/m0/s1. The van der Waals surface area contributed by atoms with Gasteiger partial charge in [0.25, 0.3) is 5.91 Å². The molecule has 0 bridgehead atoms. The van der Waals surface area contributed by atoms with Crippen LogP contribution in [0.3, 0.4) is 0 Å². The van der Waals surface area contributed by atoms with Crippen molar-refractivity contribution in [3.8, 4) is 17.2 Å². The van der Waals surface area contributed by atoms with Gasteiger partial charge in [0.05, 0.1) is 24.8 Å². The van der Waals surface area contributed by atoms with Crippen LogP contribution < -0.4 is 14.2 Å². The number of amides is 1. The number of para-hydroxylation sites is 2. The molecule has 1 amide bonds. The molecule has 1 atom stereocenters. The van der Waals surface area contributed by atoms with E-state index in [-0.39, 0.29) is 18.7 Å². The predicted octanol–water partition coefficient (Wildman–Crippen LogP) is 4.75. The molecule has 0 spiro atoms. The summed E-state index contributed by atoms with van der Waals surface area (Å²) in [7, 11) is 0. The minimum atomic E-state index is -0.130. The molecular formula is C25H23NO4. The topological polar surface area (TPSA) is 48.0 Å².